The maximum Gasteiger partial charge on any atom is 0.241 e. The summed E-state index contributed by atoms with van der Waals surface area (Å²) in [7, 11) is 0. The number of carbonyl (C=O) groups is 1. The van der Waals surface area contributed by atoms with Crippen LogP contribution >= 0.6 is 11.3 Å². The average Bonchev–Trinajstić information content (AvgIpc) is 2.86. The third kappa shape index (κ3) is 3.23. The molecule has 0 spiro atoms. The summed E-state index contributed by atoms with van der Waals surface area (Å²) < 4.78 is 6.38. The van der Waals surface area contributed by atoms with Gasteiger partial charge in [-0.25, -0.2) is 4.98 Å². The number of nitrogens with two attached hydrogens (primary N) is 1. The largest absolute Gasteiger partial charge is 0.381 e. The van der Waals surface area contributed by atoms with Gasteiger partial charge >= 0.3 is 0 Å². The summed E-state index contributed by atoms with van der Waals surface area (Å²) in [6, 6.07) is 5.27. The molecular weight excluding hydrogens is 286 g/mol. The molecule has 1 saturated heterocycles. The molecule has 1 aromatic carbocycles. The molecule has 3 rings (SSSR count). The monoisotopic (exact) mass is 305 g/mol. The van der Waals surface area contributed by atoms with Gasteiger partial charge in [-0.2, -0.15) is 0 Å². The molecule has 1 aromatic heterocycles. The number of ether oxygens (including phenoxy) is 1. The molecular formula is C15H19N3O2S. The van der Waals surface area contributed by atoms with Crippen molar-refractivity contribution >= 4 is 33.1 Å². The molecule has 2 heterocycles. The van der Waals surface area contributed by atoms with Gasteiger partial charge < -0.3 is 15.8 Å². The van der Waals surface area contributed by atoms with Gasteiger partial charge in [0, 0.05) is 18.9 Å². The van der Waals surface area contributed by atoms with Crippen molar-refractivity contribution in [3.8, 4) is 0 Å². The topological polar surface area (TPSA) is 77.2 Å². The first-order valence-electron chi connectivity index (χ1n) is 7.15. The van der Waals surface area contributed by atoms with Crippen molar-refractivity contribution < 1.29 is 9.53 Å². The Labute approximate surface area is 127 Å². The summed E-state index contributed by atoms with van der Waals surface area (Å²) in [5.41, 5.74) is 7.82. The number of carbonyl (C=O) groups excluding carboxylic acids is 1. The normalized spacial score (nSPS) is 17.8. The predicted molar refractivity (Wildman–Crippen MR) is 84.5 cm³/mol. The number of benzene rings is 1. The molecule has 1 amide bonds. The van der Waals surface area contributed by atoms with Gasteiger partial charge in [0.15, 0.2) is 0 Å². The zero-order valence-electron chi connectivity index (χ0n) is 12.0. The first kappa shape index (κ1) is 14.4. The van der Waals surface area contributed by atoms with Crippen LogP contribution in [0.25, 0.3) is 10.2 Å². The number of amides is 1. The van der Waals surface area contributed by atoms with Crippen LogP contribution in [0.5, 0.6) is 0 Å². The minimum atomic E-state index is -0.479. The summed E-state index contributed by atoms with van der Waals surface area (Å²) in [4.78, 5) is 16.7. The van der Waals surface area contributed by atoms with Crippen molar-refractivity contribution in [1.29, 1.82) is 0 Å². The first-order chi connectivity index (χ1) is 10.1. The molecule has 0 saturated carbocycles. The van der Waals surface area contributed by atoms with Crippen LogP contribution in [0.4, 0.5) is 5.69 Å². The molecule has 1 aliphatic heterocycles. The quantitative estimate of drug-likeness (QED) is 0.912. The molecule has 112 valence electrons. The zero-order chi connectivity index (χ0) is 14.8. The summed E-state index contributed by atoms with van der Waals surface area (Å²) in [5, 5.41) is 3.94. The van der Waals surface area contributed by atoms with E-state index in [4.69, 9.17) is 10.5 Å². The van der Waals surface area contributed by atoms with Crippen LogP contribution in [0, 0.1) is 12.8 Å². The van der Waals surface area contributed by atoms with Crippen LogP contribution in [0.3, 0.4) is 0 Å². The molecule has 2 aromatic rings. The molecule has 3 N–H and O–H groups in total. The molecule has 1 atom stereocenters. The fraction of sp³-hybridized carbons (Fsp3) is 0.467. The fourth-order valence-electron chi connectivity index (χ4n) is 2.63. The standard InChI is InChI=1S/C15H19N3O2S/c1-9-17-12-3-2-11(8-13(12)21-9)18-15(19)14(16)10-4-6-20-7-5-10/h2-3,8,10,14H,4-7,16H2,1H3,(H,18,19). The van der Waals surface area contributed by atoms with Crippen molar-refractivity contribution in [2.45, 2.75) is 25.8 Å². The van der Waals surface area contributed by atoms with E-state index in [2.05, 4.69) is 10.3 Å². The van der Waals surface area contributed by atoms with E-state index in [0.717, 1.165) is 33.8 Å². The maximum atomic E-state index is 12.3. The van der Waals surface area contributed by atoms with E-state index in [1.165, 1.54) is 0 Å². The Kier molecular flexibility index (Phi) is 4.19. The Morgan fingerprint density at radius 3 is 3.00 bits per heavy atom. The number of rotatable bonds is 3. The molecule has 21 heavy (non-hydrogen) atoms. The molecule has 0 bridgehead atoms. The predicted octanol–water partition coefficient (Wildman–Crippen LogP) is 2.30. The highest BCUT2D eigenvalue weighted by atomic mass is 32.1. The van der Waals surface area contributed by atoms with Crippen LogP contribution in [0.15, 0.2) is 18.2 Å². The van der Waals surface area contributed by atoms with Crippen LogP contribution in [0.1, 0.15) is 17.8 Å². The van der Waals surface area contributed by atoms with Gasteiger partial charge in [-0.05, 0) is 43.9 Å². The third-order valence-electron chi connectivity index (χ3n) is 3.84. The van der Waals surface area contributed by atoms with Gasteiger partial charge in [-0.15, -0.1) is 11.3 Å². The number of hydrogen-bond donors (Lipinski definition) is 2. The zero-order valence-corrected chi connectivity index (χ0v) is 12.8. The number of thiazole rings is 1. The van der Waals surface area contributed by atoms with Crippen molar-refractivity contribution in [2.75, 3.05) is 18.5 Å². The molecule has 6 heteroatoms. The molecule has 5 nitrogen and oxygen atoms in total. The summed E-state index contributed by atoms with van der Waals surface area (Å²) >= 11 is 1.62. The number of nitrogens with one attached hydrogen (secondary N) is 1. The van der Waals surface area contributed by atoms with Crippen LogP contribution in [-0.2, 0) is 9.53 Å². The van der Waals surface area contributed by atoms with Gasteiger partial charge in [0.05, 0.1) is 21.3 Å². The van der Waals surface area contributed by atoms with Gasteiger partial charge in [-0.1, -0.05) is 0 Å². The Morgan fingerprint density at radius 1 is 1.48 bits per heavy atom. The van der Waals surface area contributed by atoms with Crippen LogP contribution in [-0.4, -0.2) is 30.1 Å². The second kappa shape index (κ2) is 6.09. The molecule has 1 unspecified atom stereocenters. The average molecular weight is 305 g/mol. The highest BCUT2D eigenvalue weighted by Gasteiger charge is 2.26. The van der Waals surface area contributed by atoms with Crippen LogP contribution < -0.4 is 11.1 Å². The highest BCUT2D eigenvalue weighted by molar-refractivity contribution is 7.18. The van der Waals surface area contributed by atoms with E-state index >= 15 is 0 Å². The summed E-state index contributed by atoms with van der Waals surface area (Å²) in [6.07, 6.45) is 1.70. The second-order valence-corrected chi connectivity index (χ2v) is 6.61. The van der Waals surface area contributed by atoms with Crippen molar-refractivity contribution in [3.63, 3.8) is 0 Å². The van der Waals surface area contributed by atoms with Gasteiger partial charge in [0.25, 0.3) is 0 Å². The van der Waals surface area contributed by atoms with Gasteiger partial charge in [-0.3, -0.25) is 4.79 Å². The van der Waals surface area contributed by atoms with Crippen molar-refractivity contribution in [3.05, 3.63) is 23.2 Å². The van der Waals surface area contributed by atoms with E-state index in [-0.39, 0.29) is 11.8 Å². The van der Waals surface area contributed by atoms with Crippen molar-refractivity contribution in [2.24, 2.45) is 11.7 Å². The Balaban J connectivity index is 1.69. The van der Waals surface area contributed by atoms with E-state index in [1.54, 1.807) is 11.3 Å². The molecule has 0 radical (unpaired) electrons. The fourth-order valence-corrected chi connectivity index (χ4v) is 3.50. The summed E-state index contributed by atoms with van der Waals surface area (Å²) in [5.74, 6) is 0.0793. The summed E-state index contributed by atoms with van der Waals surface area (Å²) in [6.45, 7) is 3.36. The molecule has 1 aliphatic rings. The smallest absolute Gasteiger partial charge is 0.241 e. The van der Waals surface area contributed by atoms with E-state index < -0.39 is 6.04 Å². The number of aryl methyl sites for hydroxylation is 1. The lowest BCUT2D eigenvalue weighted by atomic mass is 9.92. The lowest BCUT2D eigenvalue weighted by molar-refractivity contribution is -0.119. The molecule has 1 fully saturated rings. The Bertz CT molecular complexity index is 649. The van der Waals surface area contributed by atoms with Gasteiger partial charge in [0.1, 0.15) is 0 Å². The van der Waals surface area contributed by atoms with E-state index in [9.17, 15) is 4.79 Å². The maximum absolute atomic E-state index is 12.3. The second-order valence-electron chi connectivity index (χ2n) is 5.38. The lowest BCUT2D eigenvalue weighted by Crippen LogP contribution is -2.43. The van der Waals surface area contributed by atoms with E-state index in [1.807, 2.05) is 25.1 Å². The lowest BCUT2D eigenvalue weighted by Gasteiger charge is -2.26. The van der Waals surface area contributed by atoms with Gasteiger partial charge in [0.2, 0.25) is 5.91 Å². The molecule has 0 aliphatic carbocycles. The third-order valence-corrected chi connectivity index (χ3v) is 4.77. The number of nitrogens with zero attached hydrogens (tertiary/aromatic N) is 1. The number of anilines is 1. The number of hydrogen-bond acceptors (Lipinski definition) is 5. The van der Waals surface area contributed by atoms with Crippen LogP contribution in [0.2, 0.25) is 0 Å². The minimum absolute atomic E-state index is 0.123. The first-order valence-corrected chi connectivity index (χ1v) is 7.96. The number of fused-ring (bicyclic) bond motifs is 1. The number of aromatic nitrogens is 1. The minimum Gasteiger partial charge on any atom is -0.381 e. The Hall–Kier alpha value is -1.50. The van der Waals surface area contributed by atoms with Crippen molar-refractivity contribution in [1.82, 2.24) is 4.98 Å². The van der Waals surface area contributed by atoms with E-state index in [0.29, 0.717) is 13.2 Å². The Morgan fingerprint density at radius 2 is 2.24 bits per heavy atom. The highest BCUT2D eigenvalue weighted by Crippen LogP contribution is 2.25. The SMILES string of the molecule is Cc1nc2ccc(NC(=O)C(N)C3CCOCC3)cc2s1.